The number of rotatable bonds is 10. The van der Waals surface area contributed by atoms with Gasteiger partial charge in [-0.05, 0) is 54.9 Å². The molecule has 1 fully saturated rings. The number of nitrogens with zero attached hydrogens (tertiary/aromatic N) is 1. The summed E-state index contributed by atoms with van der Waals surface area (Å²) in [5.41, 5.74) is 2.11. The molecule has 174 valence electrons. The van der Waals surface area contributed by atoms with Crippen LogP contribution in [-0.2, 0) is 17.9 Å². The van der Waals surface area contributed by atoms with Gasteiger partial charge in [-0.2, -0.15) is 0 Å². The van der Waals surface area contributed by atoms with Crippen LogP contribution in [0.25, 0.3) is 0 Å². The van der Waals surface area contributed by atoms with Gasteiger partial charge in [0.25, 0.3) is 0 Å². The molecule has 2 aromatic rings. The van der Waals surface area contributed by atoms with E-state index in [4.69, 9.17) is 37.4 Å². The van der Waals surface area contributed by atoms with E-state index in [9.17, 15) is 0 Å². The number of ether oxygens (including phenoxy) is 3. The average molecular weight is 512 g/mol. The van der Waals surface area contributed by atoms with Crippen molar-refractivity contribution in [1.29, 1.82) is 0 Å². The number of methoxy groups -OCH3 is 1. The van der Waals surface area contributed by atoms with Crippen molar-refractivity contribution in [1.82, 2.24) is 10.2 Å². The summed E-state index contributed by atoms with van der Waals surface area (Å²) in [6, 6.07) is 11.5. The Morgan fingerprint density at radius 1 is 0.968 bits per heavy atom. The van der Waals surface area contributed by atoms with Crippen molar-refractivity contribution in [3.05, 3.63) is 57.6 Å². The largest absolute Gasteiger partial charge is 0.493 e. The Kier molecular flexibility index (Phi) is 13.6. The first kappa shape index (κ1) is 28.1. The van der Waals surface area contributed by atoms with E-state index < -0.39 is 0 Å². The van der Waals surface area contributed by atoms with Crippen LogP contribution in [0.3, 0.4) is 0 Å². The van der Waals surface area contributed by atoms with Crippen molar-refractivity contribution in [2.45, 2.75) is 19.6 Å². The molecule has 0 amide bonds. The van der Waals surface area contributed by atoms with Gasteiger partial charge in [0.15, 0.2) is 11.5 Å². The highest BCUT2D eigenvalue weighted by Gasteiger charge is 2.10. The van der Waals surface area contributed by atoms with Gasteiger partial charge >= 0.3 is 0 Å². The molecule has 0 saturated carbocycles. The molecule has 1 aliphatic rings. The molecule has 3 rings (SSSR count). The second-order valence-corrected chi connectivity index (χ2v) is 7.82. The van der Waals surface area contributed by atoms with Gasteiger partial charge in [-0.1, -0.05) is 35.3 Å². The van der Waals surface area contributed by atoms with Crippen LogP contribution in [0.5, 0.6) is 11.5 Å². The summed E-state index contributed by atoms with van der Waals surface area (Å²) in [5, 5.41) is 4.56. The number of halogens is 4. The Bertz CT molecular complexity index is 789. The van der Waals surface area contributed by atoms with E-state index in [0.717, 1.165) is 69.2 Å². The number of morpholine rings is 1. The van der Waals surface area contributed by atoms with Crippen LogP contribution >= 0.6 is 48.0 Å². The number of benzene rings is 2. The third-order valence-electron chi connectivity index (χ3n) is 4.87. The van der Waals surface area contributed by atoms with E-state index in [0.29, 0.717) is 22.4 Å². The normalized spacial score (nSPS) is 13.8. The summed E-state index contributed by atoms with van der Waals surface area (Å²) >= 11 is 12.0. The van der Waals surface area contributed by atoms with E-state index >= 15 is 0 Å². The molecule has 2 aromatic carbocycles. The van der Waals surface area contributed by atoms with Crippen LogP contribution in [0.4, 0.5) is 0 Å². The van der Waals surface area contributed by atoms with Gasteiger partial charge in [0.05, 0.1) is 30.4 Å². The van der Waals surface area contributed by atoms with Crippen molar-refractivity contribution >= 4 is 48.0 Å². The van der Waals surface area contributed by atoms with E-state index in [1.807, 2.05) is 24.3 Å². The Morgan fingerprint density at radius 2 is 1.71 bits per heavy atom. The molecule has 9 heteroatoms. The molecular formula is C22H30Cl4N2O3. The van der Waals surface area contributed by atoms with Gasteiger partial charge in [0.1, 0.15) is 6.61 Å². The third-order valence-corrected chi connectivity index (χ3v) is 5.61. The number of hydrogen-bond acceptors (Lipinski definition) is 5. The van der Waals surface area contributed by atoms with Gasteiger partial charge < -0.3 is 19.5 Å². The lowest BCUT2D eigenvalue weighted by Gasteiger charge is -2.26. The highest BCUT2D eigenvalue weighted by molar-refractivity contribution is 6.42. The zero-order valence-corrected chi connectivity index (χ0v) is 20.7. The fraction of sp³-hybridized carbons (Fsp3) is 0.455. The summed E-state index contributed by atoms with van der Waals surface area (Å²) in [4.78, 5) is 2.45. The highest BCUT2D eigenvalue weighted by atomic mass is 35.5. The molecule has 1 heterocycles. The molecule has 0 radical (unpaired) electrons. The van der Waals surface area contributed by atoms with E-state index in [2.05, 4.69) is 16.3 Å². The van der Waals surface area contributed by atoms with Crippen LogP contribution in [0.1, 0.15) is 17.5 Å². The molecule has 0 bridgehead atoms. The maximum Gasteiger partial charge on any atom is 0.161 e. The Labute approximate surface area is 207 Å². The van der Waals surface area contributed by atoms with Crippen molar-refractivity contribution in [2.24, 2.45) is 0 Å². The molecule has 1 N–H and O–H groups in total. The zero-order valence-electron chi connectivity index (χ0n) is 17.6. The molecular weight excluding hydrogens is 482 g/mol. The smallest absolute Gasteiger partial charge is 0.161 e. The van der Waals surface area contributed by atoms with Crippen molar-refractivity contribution in [3.8, 4) is 11.5 Å². The van der Waals surface area contributed by atoms with Crippen LogP contribution < -0.4 is 14.8 Å². The van der Waals surface area contributed by atoms with Gasteiger partial charge in [-0.3, -0.25) is 4.90 Å². The summed E-state index contributed by atoms with van der Waals surface area (Å²) in [7, 11) is 1.65. The summed E-state index contributed by atoms with van der Waals surface area (Å²) in [6.07, 6.45) is 1.13. The summed E-state index contributed by atoms with van der Waals surface area (Å²) in [5.74, 6) is 1.42. The standard InChI is InChI=1S/C22H28Cl2N2O3.2ClH/c1-27-22-14-17(15-25-7-2-8-26-9-11-28-12-10-26)4-6-21(22)29-16-18-3-5-19(23)20(24)13-18;;/h3-6,13-14,25H,2,7-12,15-16H2,1H3;2*1H. The van der Waals surface area contributed by atoms with Crippen molar-refractivity contribution in [2.75, 3.05) is 46.5 Å². The Morgan fingerprint density at radius 3 is 2.42 bits per heavy atom. The molecule has 0 aromatic heterocycles. The highest BCUT2D eigenvalue weighted by Crippen LogP contribution is 2.29. The van der Waals surface area contributed by atoms with Crippen molar-refractivity contribution in [3.63, 3.8) is 0 Å². The van der Waals surface area contributed by atoms with Crippen LogP contribution in [-0.4, -0.2) is 51.4 Å². The second-order valence-electron chi connectivity index (χ2n) is 7.01. The monoisotopic (exact) mass is 510 g/mol. The number of nitrogens with one attached hydrogen (secondary N) is 1. The van der Waals surface area contributed by atoms with E-state index in [-0.39, 0.29) is 24.8 Å². The zero-order chi connectivity index (χ0) is 20.5. The van der Waals surface area contributed by atoms with Gasteiger partial charge in [0, 0.05) is 19.6 Å². The minimum Gasteiger partial charge on any atom is -0.493 e. The molecule has 5 nitrogen and oxygen atoms in total. The molecule has 0 spiro atoms. The van der Waals surface area contributed by atoms with Gasteiger partial charge in [-0.25, -0.2) is 0 Å². The van der Waals surface area contributed by atoms with Crippen molar-refractivity contribution < 1.29 is 14.2 Å². The second kappa shape index (κ2) is 15.0. The van der Waals surface area contributed by atoms with Crippen LogP contribution in [0, 0.1) is 0 Å². The predicted octanol–water partition coefficient (Wildman–Crippen LogP) is 5.24. The fourth-order valence-electron chi connectivity index (χ4n) is 3.22. The molecule has 1 aliphatic heterocycles. The third kappa shape index (κ3) is 9.22. The van der Waals surface area contributed by atoms with E-state index in [1.54, 1.807) is 13.2 Å². The van der Waals surface area contributed by atoms with E-state index in [1.165, 1.54) is 0 Å². The molecule has 0 unspecified atom stereocenters. The summed E-state index contributed by atoms with van der Waals surface area (Å²) in [6.45, 7) is 7.08. The minimum atomic E-state index is 0. The fourth-order valence-corrected chi connectivity index (χ4v) is 3.54. The lowest BCUT2D eigenvalue weighted by Crippen LogP contribution is -2.37. The molecule has 1 saturated heterocycles. The maximum atomic E-state index is 6.06. The number of hydrogen-bond donors (Lipinski definition) is 1. The Balaban J connectivity index is 0.00000240. The first-order valence-corrected chi connectivity index (χ1v) is 10.7. The summed E-state index contributed by atoms with van der Waals surface area (Å²) < 4.78 is 16.8. The molecule has 0 atom stereocenters. The lowest BCUT2D eigenvalue weighted by atomic mass is 10.2. The van der Waals surface area contributed by atoms with Crippen LogP contribution in [0.15, 0.2) is 36.4 Å². The first-order chi connectivity index (χ1) is 14.2. The van der Waals surface area contributed by atoms with Crippen LogP contribution in [0.2, 0.25) is 10.0 Å². The minimum absolute atomic E-state index is 0. The van der Waals surface area contributed by atoms with Gasteiger partial charge in [-0.15, -0.1) is 24.8 Å². The lowest BCUT2D eigenvalue weighted by molar-refractivity contribution is 0.0374. The topological polar surface area (TPSA) is 43.0 Å². The predicted molar refractivity (Wildman–Crippen MR) is 132 cm³/mol. The maximum absolute atomic E-state index is 6.06. The quantitative estimate of drug-likeness (QED) is 0.442. The van der Waals surface area contributed by atoms with Gasteiger partial charge in [0.2, 0.25) is 0 Å². The molecule has 31 heavy (non-hydrogen) atoms. The first-order valence-electron chi connectivity index (χ1n) is 9.90. The average Bonchev–Trinajstić information content (AvgIpc) is 2.75. The SMILES string of the molecule is COc1cc(CNCCCN2CCOCC2)ccc1OCc1ccc(Cl)c(Cl)c1.Cl.Cl. The Hall–Kier alpha value is -0.920. The molecule has 0 aliphatic carbocycles.